The maximum atomic E-state index is 13.4. The van der Waals surface area contributed by atoms with Crippen LogP contribution in [0.1, 0.15) is 30.2 Å². The van der Waals surface area contributed by atoms with Gasteiger partial charge in [0, 0.05) is 26.0 Å². The fourth-order valence-electron chi connectivity index (χ4n) is 3.45. The number of hydrogen-bond acceptors (Lipinski definition) is 8. The highest BCUT2D eigenvalue weighted by atomic mass is 32.2. The molecule has 0 atom stereocenters. The van der Waals surface area contributed by atoms with E-state index in [9.17, 15) is 9.59 Å². The molecular weight excluding hydrogens is 460 g/mol. The Morgan fingerprint density at radius 3 is 2.91 bits per heavy atom. The number of carbonyl (C=O) groups is 1. The smallest absolute Gasteiger partial charge is 0.267 e. The van der Waals surface area contributed by atoms with E-state index in [4.69, 9.17) is 26.4 Å². The second kappa shape index (κ2) is 10.3. The lowest BCUT2D eigenvalue weighted by Gasteiger charge is -2.14. The Kier molecular flexibility index (Phi) is 7.26. The van der Waals surface area contributed by atoms with Crippen LogP contribution in [0.4, 0.5) is 5.82 Å². The number of carbonyl (C=O) groups excluding carboxylic acids is 1. The number of hydrogen-bond donors (Lipinski definition) is 1. The van der Waals surface area contributed by atoms with Gasteiger partial charge in [0.25, 0.3) is 11.5 Å². The van der Waals surface area contributed by atoms with Gasteiger partial charge in [0.2, 0.25) is 0 Å². The van der Waals surface area contributed by atoms with Crippen LogP contribution in [0.25, 0.3) is 11.7 Å². The van der Waals surface area contributed by atoms with Gasteiger partial charge in [0.15, 0.2) is 0 Å². The first-order valence-corrected chi connectivity index (χ1v) is 11.8. The Hall–Kier alpha value is -2.95. The monoisotopic (exact) mass is 484 g/mol. The highest BCUT2D eigenvalue weighted by molar-refractivity contribution is 8.26. The predicted octanol–water partition coefficient (Wildman–Crippen LogP) is 3.84. The van der Waals surface area contributed by atoms with Gasteiger partial charge in [-0.3, -0.25) is 18.9 Å². The lowest BCUT2D eigenvalue weighted by Crippen LogP contribution is -2.29. The average molecular weight is 485 g/mol. The molecule has 4 heterocycles. The Bertz CT molecular complexity index is 1270. The minimum absolute atomic E-state index is 0.216. The van der Waals surface area contributed by atoms with Crippen LogP contribution in [0.3, 0.4) is 0 Å². The molecule has 3 aromatic rings. The summed E-state index contributed by atoms with van der Waals surface area (Å²) in [6.45, 7) is 5.83. The summed E-state index contributed by atoms with van der Waals surface area (Å²) in [5.41, 5.74) is 1.43. The maximum Gasteiger partial charge on any atom is 0.267 e. The molecule has 1 aliphatic heterocycles. The molecule has 8 nitrogen and oxygen atoms in total. The lowest BCUT2D eigenvalue weighted by molar-refractivity contribution is -0.122. The van der Waals surface area contributed by atoms with Gasteiger partial charge >= 0.3 is 0 Å². The van der Waals surface area contributed by atoms with Crippen molar-refractivity contribution in [1.82, 2.24) is 14.3 Å². The summed E-state index contributed by atoms with van der Waals surface area (Å²) in [5.74, 6) is 0.868. The molecule has 33 heavy (non-hydrogen) atoms. The number of pyridine rings is 1. The Labute approximate surface area is 200 Å². The minimum atomic E-state index is -0.271. The van der Waals surface area contributed by atoms with Crippen molar-refractivity contribution in [3.05, 3.63) is 68.9 Å². The standard InChI is InChI=1S/C23H24N4O4S2/c1-3-30-11-6-10-27-22(29)18(33-23(27)32)13-17-19(24-14-16-8-5-12-31-16)25-20-15(2)7-4-9-26(20)21(17)28/h4-5,7-9,12-13,24H,3,6,10-11,14H2,1-2H3/b18-13-. The number of anilines is 1. The van der Waals surface area contributed by atoms with Crippen molar-refractivity contribution < 1.29 is 13.9 Å². The van der Waals surface area contributed by atoms with Crippen LogP contribution < -0.4 is 10.9 Å². The second-order valence-corrected chi connectivity index (χ2v) is 9.06. The topological polar surface area (TPSA) is 89.1 Å². The number of nitrogens with zero attached hydrogens (tertiary/aromatic N) is 3. The number of thiocarbonyl (C=S) groups is 1. The molecule has 0 aliphatic carbocycles. The van der Waals surface area contributed by atoms with E-state index in [-0.39, 0.29) is 11.5 Å². The Balaban J connectivity index is 1.69. The van der Waals surface area contributed by atoms with E-state index in [0.717, 1.165) is 5.56 Å². The van der Waals surface area contributed by atoms with E-state index >= 15 is 0 Å². The van der Waals surface area contributed by atoms with E-state index in [2.05, 4.69) is 5.32 Å². The quantitative estimate of drug-likeness (QED) is 0.278. The average Bonchev–Trinajstić information content (AvgIpc) is 3.41. The molecular formula is C23H24N4O4S2. The van der Waals surface area contributed by atoms with Crippen LogP contribution in [-0.4, -0.2) is 44.3 Å². The van der Waals surface area contributed by atoms with E-state index in [1.165, 1.54) is 16.2 Å². The molecule has 0 bridgehead atoms. The van der Waals surface area contributed by atoms with E-state index in [0.29, 0.717) is 64.7 Å². The third-order valence-corrected chi connectivity index (χ3v) is 6.50. The second-order valence-electron chi connectivity index (χ2n) is 7.38. The predicted molar refractivity (Wildman–Crippen MR) is 133 cm³/mol. The summed E-state index contributed by atoms with van der Waals surface area (Å²) in [4.78, 5) is 33.0. The van der Waals surface area contributed by atoms with Gasteiger partial charge in [-0.1, -0.05) is 30.0 Å². The zero-order valence-corrected chi connectivity index (χ0v) is 20.0. The minimum Gasteiger partial charge on any atom is -0.467 e. The molecule has 0 unspecified atom stereocenters. The van der Waals surface area contributed by atoms with Gasteiger partial charge in [-0.2, -0.15) is 0 Å². The van der Waals surface area contributed by atoms with Crippen molar-refractivity contribution in [1.29, 1.82) is 0 Å². The van der Waals surface area contributed by atoms with Crippen molar-refractivity contribution in [3.8, 4) is 0 Å². The van der Waals surface area contributed by atoms with Crippen LogP contribution in [0.15, 0.2) is 50.8 Å². The van der Waals surface area contributed by atoms with Crippen molar-refractivity contribution >= 4 is 51.7 Å². The van der Waals surface area contributed by atoms with Crippen molar-refractivity contribution in [3.63, 3.8) is 0 Å². The highest BCUT2D eigenvalue weighted by Crippen LogP contribution is 2.33. The molecule has 0 radical (unpaired) electrons. The Morgan fingerprint density at radius 1 is 1.30 bits per heavy atom. The van der Waals surface area contributed by atoms with Crippen molar-refractivity contribution in [2.45, 2.75) is 26.8 Å². The first-order valence-electron chi connectivity index (χ1n) is 10.6. The maximum absolute atomic E-state index is 13.4. The van der Waals surface area contributed by atoms with Crippen LogP contribution in [0.2, 0.25) is 0 Å². The van der Waals surface area contributed by atoms with E-state index in [1.54, 1.807) is 35.6 Å². The van der Waals surface area contributed by atoms with Gasteiger partial charge in [0.05, 0.1) is 23.3 Å². The molecule has 1 saturated heterocycles. The van der Waals surface area contributed by atoms with Gasteiger partial charge in [-0.05, 0) is 50.1 Å². The fraction of sp³-hybridized carbons (Fsp3) is 0.304. The number of aromatic nitrogens is 2. The first-order chi connectivity index (χ1) is 16.0. The molecule has 1 aliphatic rings. The fourth-order valence-corrected chi connectivity index (χ4v) is 4.74. The van der Waals surface area contributed by atoms with Gasteiger partial charge in [-0.15, -0.1) is 0 Å². The lowest BCUT2D eigenvalue weighted by atomic mass is 10.2. The summed E-state index contributed by atoms with van der Waals surface area (Å²) in [5, 5.41) is 3.19. The van der Waals surface area contributed by atoms with Crippen LogP contribution in [0, 0.1) is 6.92 Å². The number of ether oxygens (including phenoxy) is 1. The molecule has 1 fully saturated rings. The molecule has 0 spiro atoms. The zero-order valence-electron chi connectivity index (χ0n) is 18.4. The van der Waals surface area contributed by atoms with Crippen LogP contribution in [-0.2, 0) is 16.1 Å². The largest absolute Gasteiger partial charge is 0.467 e. The van der Waals surface area contributed by atoms with E-state index < -0.39 is 0 Å². The molecule has 1 N–H and O–H groups in total. The number of furan rings is 1. The highest BCUT2D eigenvalue weighted by Gasteiger charge is 2.32. The number of rotatable bonds is 9. The summed E-state index contributed by atoms with van der Waals surface area (Å²) < 4.78 is 12.7. The third-order valence-electron chi connectivity index (χ3n) is 5.12. The number of nitrogens with one attached hydrogen (secondary N) is 1. The number of aryl methyl sites for hydroxylation is 1. The van der Waals surface area contributed by atoms with Gasteiger partial charge in [-0.25, -0.2) is 4.98 Å². The molecule has 0 saturated carbocycles. The van der Waals surface area contributed by atoms with Crippen molar-refractivity contribution in [2.75, 3.05) is 25.1 Å². The third kappa shape index (κ3) is 5.02. The molecule has 10 heteroatoms. The number of thioether (sulfide) groups is 1. The first kappa shape index (κ1) is 23.2. The summed E-state index contributed by atoms with van der Waals surface area (Å²) >= 11 is 6.60. The number of fused-ring (bicyclic) bond motifs is 1. The van der Waals surface area contributed by atoms with E-state index in [1.807, 2.05) is 26.0 Å². The number of amides is 1. The van der Waals surface area contributed by atoms with Crippen LogP contribution >= 0.6 is 24.0 Å². The Morgan fingerprint density at radius 2 is 2.15 bits per heavy atom. The molecule has 172 valence electrons. The molecule has 1 amide bonds. The summed E-state index contributed by atoms with van der Waals surface area (Å²) in [7, 11) is 0. The summed E-state index contributed by atoms with van der Waals surface area (Å²) in [6, 6.07) is 7.31. The normalized spacial score (nSPS) is 15.2. The summed E-state index contributed by atoms with van der Waals surface area (Å²) in [6.07, 6.45) is 5.52. The SMILES string of the molecule is CCOCCCN1C(=O)/C(=C/c2c(NCc3ccco3)nc3c(C)cccn3c2=O)SC1=S. The molecule has 4 rings (SSSR count). The molecule has 0 aromatic carbocycles. The van der Waals surface area contributed by atoms with Crippen LogP contribution in [0.5, 0.6) is 0 Å². The van der Waals surface area contributed by atoms with Crippen molar-refractivity contribution in [2.24, 2.45) is 0 Å². The molecule has 3 aromatic heterocycles. The van der Waals surface area contributed by atoms with Gasteiger partial charge in [0.1, 0.15) is 21.5 Å². The zero-order chi connectivity index (χ0) is 23.4. The van der Waals surface area contributed by atoms with Gasteiger partial charge < -0.3 is 14.5 Å².